The van der Waals surface area contributed by atoms with E-state index in [9.17, 15) is 4.79 Å². The summed E-state index contributed by atoms with van der Waals surface area (Å²) < 4.78 is 17.2. The van der Waals surface area contributed by atoms with Crippen LogP contribution in [0.15, 0.2) is 36.4 Å². The van der Waals surface area contributed by atoms with Crippen LogP contribution >= 0.6 is 11.6 Å². The summed E-state index contributed by atoms with van der Waals surface area (Å²) in [5.74, 6) is 1.90. The van der Waals surface area contributed by atoms with Crippen molar-refractivity contribution in [3.05, 3.63) is 52.5 Å². The number of halogens is 1. The largest absolute Gasteiger partial charge is 0.497 e. The number of hydrogen-bond acceptors (Lipinski definition) is 4. The third kappa shape index (κ3) is 4.53. The van der Waals surface area contributed by atoms with Crippen molar-refractivity contribution < 1.29 is 19.0 Å². The molecule has 0 spiro atoms. The lowest BCUT2D eigenvalue weighted by Gasteiger charge is -2.38. The first-order chi connectivity index (χ1) is 13.2. The zero-order chi connectivity index (χ0) is 20.5. The van der Waals surface area contributed by atoms with Crippen LogP contribution in [0.25, 0.3) is 0 Å². The highest BCUT2D eigenvalue weighted by Gasteiger charge is 2.35. The van der Waals surface area contributed by atoms with Gasteiger partial charge in [0.15, 0.2) is 6.10 Å². The van der Waals surface area contributed by atoms with Crippen molar-refractivity contribution >= 4 is 17.5 Å². The average Bonchev–Trinajstić information content (AvgIpc) is 2.63. The highest BCUT2D eigenvalue weighted by Crippen LogP contribution is 2.41. The molecule has 1 amide bonds. The Bertz CT molecular complexity index is 881. The highest BCUT2D eigenvalue weighted by molar-refractivity contribution is 6.31. The van der Waals surface area contributed by atoms with E-state index < -0.39 is 11.7 Å². The lowest BCUT2D eigenvalue weighted by Crippen LogP contribution is -2.44. The first-order valence-electron chi connectivity index (χ1n) is 9.28. The van der Waals surface area contributed by atoms with Crippen LogP contribution in [-0.4, -0.2) is 24.7 Å². The fraction of sp³-hybridized carbons (Fsp3) is 0.409. The van der Waals surface area contributed by atoms with E-state index in [4.69, 9.17) is 25.8 Å². The fourth-order valence-corrected chi connectivity index (χ4v) is 3.44. The van der Waals surface area contributed by atoms with Gasteiger partial charge in [-0.15, -0.1) is 0 Å². The predicted octanol–water partition coefficient (Wildman–Crippen LogP) is 4.84. The maximum Gasteiger partial charge on any atom is 0.261 e. The number of aryl methyl sites for hydroxylation is 1. The second-order valence-electron chi connectivity index (χ2n) is 7.70. The normalized spacial score (nSPS) is 18.4. The molecule has 2 aromatic carbocycles. The van der Waals surface area contributed by atoms with Gasteiger partial charge in [-0.05, 0) is 69.7 Å². The minimum absolute atomic E-state index is 0.191. The van der Waals surface area contributed by atoms with Crippen molar-refractivity contribution in [3.8, 4) is 17.2 Å². The van der Waals surface area contributed by atoms with Crippen molar-refractivity contribution in [2.24, 2.45) is 0 Å². The van der Waals surface area contributed by atoms with E-state index in [-0.39, 0.29) is 11.9 Å². The summed E-state index contributed by atoms with van der Waals surface area (Å²) >= 11 is 6.05. The van der Waals surface area contributed by atoms with Gasteiger partial charge in [0.05, 0.1) is 13.2 Å². The molecule has 1 aliphatic heterocycles. The van der Waals surface area contributed by atoms with Crippen LogP contribution in [0.4, 0.5) is 0 Å². The number of benzene rings is 2. The topological polar surface area (TPSA) is 56.8 Å². The number of fused-ring (bicyclic) bond motifs is 1. The smallest absolute Gasteiger partial charge is 0.261 e. The maximum atomic E-state index is 12.8. The summed E-state index contributed by atoms with van der Waals surface area (Å²) in [5, 5.41) is 3.77. The molecular weight excluding hydrogens is 378 g/mol. The molecule has 0 aromatic heterocycles. The monoisotopic (exact) mass is 403 g/mol. The number of hydrogen-bond donors (Lipinski definition) is 1. The molecule has 0 fully saturated rings. The number of rotatable bonds is 5. The first kappa shape index (κ1) is 20.3. The Morgan fingerprint density at radius 2 is 1.96 bits per heavy atom. The molecule has 0 saturated heterocycles. The predicted molar refractivity (Wildman–Crippen MR) is 109 cm³/mol. The van der Waals surface area contributed by atoms with Crippen molar-refractivity contribution in [1.82, 2.24) is 5.32 Å². The van der Waals surface area contributed by atoms with Gasteiger partial charge in [0.25, 0.3) is 5.91 Å². The number of amides is 1. The molecule has 5 nitrogen and oxygen atoms in total. The molecule has 1 heterocycles. The molecule has 0 unspecified atom stereocenters. The SMILES string of the molecule is COc1ccc2c(c1)[C@@H](NC(=O)[C@H](C)Oc1ccc(Cl)c(C)c1)CC(C)(C)O2. The molecule has 0 radical (unpaired) electrons. The average molecular weight is 404 g/mol. The number of nitrogens with one attached hydrogen (secondary N) is 1. The van der Waals surface area contributed by atoms with Crippen molar-refractivity contribution in [3.63, 3.8) is 0 Å². The van der Waals surface area contributed by atoms with Gasteiger partial charge in [0.1, 0.15) is 22.8 Å². The van der Waals surface area contributed by atoms with Gasteiger partial charge in [0, 0.05) is 17.0 Å². The van der Waals surface area contributed by atoms with Gasteiger partial charge in [0.2, 0.25) is 0 Å². The third-order valence-corrected chi connectivity index (χ3v) is 5.23. The van der Waals surface area contributed by atoms with E-state index in [0.29, 0.717) is 17.2 Å². The summed E-state index contributed by atoms with van der Waals surface area (Å²) in [6, 6.07) is 10.8. The van der Waals surface area contributed by atoms with Gasteiger partial charge in [-0.2, -0.15) is 0 Å². The molecule has 0 saturated carbocycles. The summed E-state index contributed by atoms with van der Waals surface area (Å²) in [7, 11) is 1.62. The molecule has 0 bridgehead atoms. The van der Waals surface area contributed by atoms with E-state index in [1.807, 2.05) is 45.0 Å². The molecule has 0 aliphatic carbocycles. The molecule has 28 heavy (non-hydrogen) atoms. The van der Waals surface area contributed by atoms with Crippen LogP contribution in [-0.2, 0) is 4.79 Å². The third-order valence-electron chi connectivity index (χ3n) is 4.80. The molecule has 2 aromatic rings. The molecule has 1 N–H and O–H groups in total. The second-order valence-corrected chi connectivity index (χ2v) is 8.11. The van der Waals surface area contributed by atoms with Crippen LogP contribution < -0.4 is 19.5 Å². The van der Waals surface area contributed by atoms with Crippen LogP contribution in [0.1, 0.15) is 44.4 Å². The summed E-state index contributed by atoms with van der Waals surface area (Å²) in [5.41, 5.74) is 1.41. The Kier molecular flexibility index (Phi) is 5.75. The Labute approximate surface area is 170 Å². The standard InChI is InChI=1S/C22H26ClNO4/c1-13-10-16(6-8-18(13)23)27-14(2)21(25)24-19-12-22(3,4)28-20-9-7-15(26-5)11-17(19)20/h6-11,14,19H,12H2,1-5H3,(H,24,25)/t14-,19-/m0/s1. The van der Waals surface area contributed by atoms with E-state index in [0.717, 1.165) is 22.6 Å². The molecule has 6 heteroatoms. The molecule has 3 rings (SSSR count). The van der Waals surface area contributed by atoms with Crippen LogP contribution in [0.3, 0.4) is 0 Å². The number of carbonyl (C=O) groups is 1. The van der Waals surface area contributed by atoms with E-state index in [1.165, 1.54) is 0 Å². The van der Waals surface area contributed by atoms with E-state index in [2.05, 4.69) is 5.32 Å². The Morgan fingerprint density at radius 1 is 1.25 bits per heavy atom. The van der Waals surface area contributed by atoms with Crippen molar-refractivity contribution in [2.45, 2.75) is 51.9 Å². The van der Waals surface area contributed by atoms with Gasteiger partial charge in [-0.25, -0.2) is 0 Å². The molecule has 2 atom stereocenters. The Balaban J connectivity index is 1.76. The second kappa shape index (κ2) is 7.92. The number of ether oxygens (including phenoxy) is 3. The quantitative estimate of drug-likeness (QED) is 0.775. The highest BCUT2D eigenvalue weighted by atomic mass is 35.5. The molecule has 150 valence electrons. The van der Waals surface area contributed by atoms with Crippen molar-refractivity contribution in [2.75, 3.05) is 7.11 Å². The lowest BCUT2D eigenvalue weighted by molar-refractivity contribution is -0.128. The van der Waals surface area contributed by atoms with Crippen LogP contribution in [0.2, 0.25) is 5.02 Å². The summed E-state index contributed by atoms with van der Waals surface area (Å²) in [4.78, 5) is 12.8. The number of methoxy groups -OCH3 is 1. The first-order valence-corrected chi connectivity index (χ1v) is 9.66. The molecular formula is C22H26ClNO4. The minimum atomic E-state index is -0.652. The summed E-state index contributed by atoms with van der Waals surface area (Å²) in [6.45, 7) is 7.65. The van der Waals surface area contributed by atoms with Crippen LogP contribution in [0, 0.1) is 6.92 Å². The Morgan fingerprint density at radius 3 is 2.64 bits per heavy atom. The fourth-order valence-electron chi connectivity index (χ4n) is 3.33. The van der Waals surface area contributed by atoms with Gasteiger partial charge < -0.3 is 19.5 Å². The van der Waals surface area contributed by atoms with Gasteiger partial charge >= 0.3 is 0 Å². The van der Waals surface area contributed by atoms with Crippen molar-refractivity contribution in [1.29, 1.82) is 0 Å². The minimum Gasteiger partial charge on any atom is -0.497 e. The van der Waals surface area contributed by atoms with Gasteiger partial charge in [-0.3, -0.25) is 4.79 Å². The van der Waals surface area contributed by atoms with E-state index in [1.54, 1.807) is 26.2 Å². The maximum absolute atomic E-state index is 12.8. The zero-order valence-electron chi connectivity index (χ0n) is 16.8. The Hall–Kier alpha value is -2.40. The lowest BCUT2D eigenvalue weighted by atomic mass is 9.89. The summed E-state index contributed by atoms with van der Waals surface area (Å²) in [6.07, 6.45) is -0.00771. The zero-order valence-corrected chi connectivity index (χ0v) is 17.6. The molecule has 1 aliphatic rings. The van der Waals surface area contributed by atoms with E-state index >= 15 is 0 Å². The number of carbonyl (C=O) groups excluding carboxylic acids is 1. The van der Waals surface area contributed by atoms with Crippen LogP contribution in [0.5, 0.6) is 17.2 Å². The van der Waals surface area contributed by atoms with Gasteiger partial charge in [-0.1, -0.05) is 11.6 Å².